The SMILES string of the molecule is CCCCCCNC(=O)n1oc2nc(C(F)(F)F)ccc2c1=O. The number of unbranched alkanes of at least 4 members (excludes halogenated alkanes) is 3. The molecule has 0 aliphatic heterocycles. The maximum absolute atomic E-state index is 12.6. The van der Waals surface area contributed by atoms with Crippen molar-refractivity contribution in [2.75, 3.05) is 6.54 Å². The number of amides is 1. The molecule has 0 aromatic carbocycles. The van der Waals surface area contributed by atoms with Gasteiger partial charge in [-0.2, -0.15) is 13.2 Å². The number of fused-ring (bicyclic) bond motifs is 1. The lowest BCUT2D eigenvalue weighted by Crippen LogP contribution is -2.34. The van der Waals surface area contributed by atoms with Gasteiger partial charge in [-0.1, -0.05) is 30.9 Å². The Kier molecular flexibility index (Phi) is 5.07. The summed E-state index contributed by atoms with van der Waals surface area (Å²) in [6.07, 6.45) is -0.904. The first kappa shape index (κ1) is 17.0. The van der Waals surface area contributed by atoms with E-state index in [2.05, 4.69) is 17.2 Å². The van der Waals surface area contributed by atoms with Crippen molar-refractivity contribution < 1.29 is 22.5 Å². The number of hydrogen-bond donors (Lipinski definition) is 1. The predicted molar refractivity (Wildman–Crippen MR) is 76.2 cm³/mol. The first-order valence-electron chi connectivity index (χ1n) is 7.23. The fraction of sp³-hybridized carbons (Fsp3) is 0.500. The fourth-order valence-corrected chi connectivity index (χ4v) is 2.02. The van der Waals surface area contributed by atoms with Gasteiger partial charge in [-0.15, -0.1) is 0 Å². The standard InChI is InChI=1S/C14H16F3N3O3/c1-2-3-4-5-8-18-13(22)20-12(21)9-6-7-10(14(15,16)17)19-11(9)23-20/h6-7H,2-5,8H2,1H3,(H,18,22). The molecule has 0 radical (unpaired) electrons. The quantitative estimate of drug-likeness (QED) is 0.854. The van der Waals surface area contributed by atoms with E-state index in [9.17, 15) is 22.8 Å². The second kappa shape index (κ2) is 6.84. The van der Waals surface area contributed by atoms with E-state index >= 15 is 0 Å². The molecule has 0 fully saturated rings. The highest BCUT2D eigenvalue weighted by atomic mass is 19.4. The van der Waals surface area contributed by atoms with Crippen LogP contribution in [0.2, 0.25) is 0 Å². The summed E-state index contributed by atoms with van der Waals surface area (Å²) in [7, 11) is 0. The van der Waals surface area contributed by atoms with E-state index in [1.165, 1.54) is 0 Å². The van der Waals surface area contributed by atoms with Crippen LogP contribution in [0, 0.1) is 0 Å². The van der Waals surface area contributed by atoms with Gasteiger partial charge in [0.15, 0.2) is 0 Å². The van der Waals surface area contributed by atoms with Crippen molar-refractivity contribution >= 4 is 17.1 Å². The monoisotopic (exact) mass is 331 g/mol. The molecule has 1 amide bonds. The molecule has 126 valence electrons. The Morgan fingerprint density at radius 3 is 2.70 bits per heavy atom. The first-order valence-corrected chi connectivity index (χ1v) is 7.23. The van der Waals surface area contributed by atoms with Crippen LogP contribution in [-0.4, -0.2) is 22.3 Å². The number of rotatable bonds is 5. The van der Waals surface area contributed by atoms with Crippen LogP contribution in [0.4, 0.5) is 18.0 Å². The van der Waals surface area contributed by atoms with Gasteiger partial charge in [0.2, 0.25) is 0 Å². The molecule has 2 aromatic heterocycles. The number of carbonyl (C=O) groups excluding carboxylic acids is 1. The van der Waals surface area contributed by atoms with Crippen molar-refractivity contribution in [1.82, 2.24) is 15.0 Å². The van der Waals surface area contributed by atoms with Crippen molar-refractivity contribution in [2.45, 2.75) is 38.8 Å². The molecule has 0 bridgehead atoms. The van der Waals surface area contributed by atoms with Crippen molar-refractivity contribution in [3.05, 3.63) is 28.2 Å². The van der Waals surface area contributed by atoms with E-state index in [-0.39, 0.29) is 5.39 Å². The summed E-state index contributed by atoms with van der Waals surface area (Å²) in [5, 5.41) is 2.30. The van der Waals surface area contributed by atoms with Gasteiger partial charge in [0.1, 0.15) is 11.1 Å². The topological polar surface area (TPSA) is 77.1 Å². The number of alkyl halides is 3. The molecule has 0 saturated carbocycles. The molecule has 1 N–H and O–H groups in total. The molecule has 0 saturated heterocycles. The lowest BCUT2D eigenvalue weighted by atomic mass is 10.2. The lowest BCUT2D eigenvalue weighted by molar-refractivity contribution is -0.141. The molecular weight excluding hydrogens is 315 g/mol. The van der Waals surface area contributed by atoms with E-state index in [0.717, 1.165) is 31.7 Å². The van der Waals surface area contributed by atoms with Gasteiger partial charge in [0, 0.05) is 6.54 Å². The number of aromatic nitrogens is 2. The molecular formula is C14H16F3N3O3. The molecule has 2 heterocycles. The molecule has 0 spiro atoms. The van der Waals surface area contributed by atoms with E-state index in [4.69, 9.17) is 4.52 Å². The zero-order chi connectivity index (χ0) is 17.0. The molecule has 6 nitrogen and oxygen atoms in total. The zero-order valence-electron chi connectivity index (χ0n) is 12.4. The second-order valence-corrected chi connectivity index (χ2v) is 5.03. The number of carbonyl (C=O) groups is 1. The second-order valence-electron chi connectivity index (χ2n) is 5.03. The molecule has 0 aliphatic carbocycles. The lowest BCUT2D eigenvalue weighted by Gasteiger charge is -2.03. The summed E-state index contributed by atoms with van der Waals surface area (Å²) in [5.74, 6) is 0. The fourth-order valence-electron chi connectivity index (χ4n) is 2.02. The Hall–Kier alpha value is -2.32. The molecule has 0 atom stereocenters. The molecule has 2 aromatic rings. The predicted octanol–water partition coefficient (Wildman–Crippen LogP) is 3.15. The van der Waals surface area contributed by atoms with Crippen molar-refractivity contribution in [3.8, 4) is 0 Å². The summed E-state index contributed by atoms with van der Waals surface area (Å²) in [4.78, 5) is 27.0. The minimum Gasteiger partial charge on any atom is -0.346 e. The van der Waals surface area contributed by atoms with Crippen LogP contribution in [0.25, 0.3) is 11.1 Å². The summed E-state index contributed by atoms with van der Waals surface area (Å²) in [6.45, 7) is 2.40. The summed E-state index contributed by atoms with van der Waals surface area (Å²) >= 11 is 0. The van der Waals surface area contributed by atoms with Gasteiger partial charge in [-0.25, -0.2) is 9.78 Å². The van der Waals surface area contributed by atoms with Crippen LogP contribution in [0.3, 0.4) is 0 Å². The summed E-state index contributed by atoms with van der Waals surface area (Å²) in [6, 6.07) is 0.798. The number of halogens is 3. The van der Waals surface area contributed by atoms with Crippen LogP contribution < -0.4 is 10.9 Å². The molecule has 9 heteroatoms. The van der Waals surface area contributed by atoms with E-state index in [0.29, 0.717) is 17.4 Å². The van der Waals surface area contributed by atoms with Gasteiger partial charge < -0.3 is 9.84 Å². The average molecular weight is 331 g/mol. The van der Waals surface area contributed by atoms with Gasteiger partial charge >= 0.3 is 17.8 Å². The van der Waals surface area contributed by atoms with Crippen LogP contribution >= 0.6 is 0 Å². The van der Waals surface area contributed by atoms with Crippen molar-refractivity contribution in [3.63, 3.8) is 0 Å². The highest BCUT2D eigenvalue weighted by molar-refractivity contribution is 5.80. The third-order valence-corrected chi connectivity index (χ3v) is 3.23. The van der Waals surface area contributed by atoms with Crippen LogP contribution in [0.15, 0.2) is 21.5 Å². The van der Waals surface area contributed by atoms with Gasteiger partial charge in [-0.05, 0) is 18.6 Å². The Bertz CT molecular complexity index is 749. The molecule has 2 rings (SSSR count). The maximum Gasteiger partial charge on any atom is 0.433 e. The Morgan fingerprint density at radius 1 is 1.30 bits per heavy atom. The Labute approximate surface area is 129 Å². The van der Waals surface area contributed by atoms with E-state index < -0.39 is 29.2 Å². The number of pyridine rings is 1. The maximum atomic E-state index is 12.6. The smallest absolute Gasteiger partial charge is 0.346 e. The summed E-state index contributed by atoms with van der Waals surface area (Å²) < 4.78 is 43.0. The van der Waals surface area contributed by atoms with E-state index in [1.54, 1.807) is 0 Å². The number of nitrogens with zero attached hydrogens (tertiary/aromatic N) is 2. The van der Waals surface area contributed by atoms with Gasteiger partial charge in [-0.3, -0.25) is 4.79 Å². The zero-order valence-corrected chi connectivity index (χ0v) is 12.4. The number of hydrogen-bond acceptors (Lipinski definition) is 4. The van der Waals surface area contributed by atoms with Crippen molar-refractivity contribution in [2.24, 2.45) is 0 Å². The van der Waals surface area contributed by atoms with Gasteiger partial charge in [0.25, 0.3) is 5.71 Å². The molecule has 0 unspecified atom stereocenters. The Morgan fingerprint density at radius 2 is 2.04 bits per heavy atom. The largest absolute Gasteiger partial charge is 0.433 e. The van der Waals surface area contributed by atoms with Crippen LogP contribution in [-0.2, 0) is 6.18 Å². The minimum atomic E-state index is -4.66. The van der Waals surface area contributed by atoms with Crippen LogP contribution in [0.1, 0.15) is 38.3 Å². The third kappa shape index (κ3) is 3.91. The highest BCUT2D eigenvalue weighted by Gasteiger charge is 2.33. The minimum absolute atomic E-state index is 0.181. The first-order chi connectivity index (χ1) is 10.8. The van der Waals surface area contributed by atoms with E-state index in [1.807, 2.05) is 0 Å². The van der Waals surface area contributed by atoms with Crippen molar-refractivity contribution in [1.29, 1.82) is 0 Å². The normalized spacial score (nSPS) is 11.8. The number of nitrogens with one attached hydrogen (secondary N) is 1. The molecule has 23 heavy (non-hydrogen) atoms. The average Bonchev–Trinajstić information content (AvgIpc) is 2.83. The van der Waals surface area contributed by atoms with Crippen LogP contribution in [0.5, 0.6) is 0 Å². The van der Waals surface area contributed by atoms with Gasteiger partial charge in [0.05, 0.1) is 0 Å². The third-order valence-electron chi connectivity index (χ3n) is 3.23. The molecule has 0 aliphatic rings. The Balaban J connectivity index is 2.16. The summed E-state index contributed by atoms with van der Waals surface area (Å²) in [5.41, 5.74) is -2.55. The highest BCUT2D eigenvalue weighted by Crippen LogP contribution is 2.28.